The van der Waals surface area contributed by atoms with E-state index in [2.05, 4.69) is 21.1 Å². The van der Waals surface area contributed by atoms with Crippen LogP contribution in [0.25, 0.3) is 0 Å². The highest BCUT2D eigenvalue weighted by Crippen LogP contribution is 2.32. The monoisotopic (exact) mass is 648 g/mol. The predicted molar refractivity (Wildman–Crippen MR) is 176 cm³/mol. The topological polar surface area (TPSA) is 188 Å². The quantitative estimate of drug-likeness (QED) is 0.0754. The van der Waals surface area contributed by atoms with Crippen molar-refractivity contribution in [2.24, 2.45) is 10.2 Å². The van der Waals surface area contributed by atoms with Gasteiger partial charge in [0.25, 0.3) is 0 Å². The van der Waals surface area contributed by atoms with Crippen molar-refractivity contribution in [3.8, 4) is 0 Å². The lowest BCUT2D eigenvalue weighted by Crippen LogP contribution is -2.19. The number of nitrogen functional groups attached to an aromatic ring is 2. The average molecular weight is 649 g/mol. The summed E-state index contributed by atoms with van der Waals surface area (Å²) in [4.78, 5) is 50.2. The van der Waals surface area contributed by atoms with Gasteiger partial charge in [0.2, 0.25) is 11.8 Å². The smallest absolute Gasteiger partial charge is 0.341 e. The molecule has 0 aliphatic carbocycles. The van der Waals surface area contributed by atoms with Gasteiger partial charge in [-0.3, -0.25) is 9.59 Å². The van der Waals surface area contributed by atoms with E-state index in [9.17, 15) is 19.2 Å². The maximum atomic E-state index is 12.2. The maximum absolute atomic E-state index is 12.2. The zero-order valence-electron chi connectivity index (χ0n) is 26.4. The highest BCUT2D eigenvalue weighted by atomic mass is 32.1. The number of carbonyl (C=O) groups excluding carboxylic acids is 4. The molecule has 0 saturated heterocycles. The van der Waals surface area contributed by atoms with Crippen molar-refractivity contribution in [1.82, 2.24) is 10.9 Å². The number of esters is 2. The number of hydrazone groups is 2. The summed E-state index contributed by atoms with van der Waals surface area (Å²) in [6.07, 6.45) is 5.88. The molecule has 0 spiro atoms. The van der Waals surface area contributed by atoms with Gasteiger partial charge in [0.05, 0.1) is 45.5 Å². The number of amides is 2. The summed E-state index contributed by atoms with van der Waals surface area (Å²) in [6, 6.07) is 0. The van der Waals surface area contributed by atoms with Crippen LogP contribution in [0, 0.1) is 13.8 Å². The van der Waals surface area contributed by atoms with Crippen LogP contribution in [-0.2, 0) is 19.1 Å². The Hall–Kier alpha value is -3.78. The first-order chi connectivity index (χ1) is 20.9. The van der Waals surface area contributed by atoms with Gasteiger partial charge in [-0.15, -0.1) is 22.7 Å². The van der Waals surface area contributed by atoms with Crippen LogP contribution >= 0.6 is 22.7 Å². The van der Waals surface area contributed by atoms with E-state index in [1.807, 2.05) is 0 Å². The Bertz CT molecular complexity index is 1290. The fourth-order valence-corrected chi connectivity index (χ4v) is 6.47. The minimum Gasteiger partial charge on any atom is -0.462 e. The largest absolute Gasteiger partial charge is 0.462 e. The van der Waals surface area contributed by atoms with Gasteiger partial charge in [-0.1, -0.05) is 25.7 Å². The van der Waals surface area contributed by atoms with E-state index in [0.29, 0.717) is 56.5 Å². The molecule has 44 heavy (non-hydrogen) atoms. The number of ether oxygens (including phenoxy) is 2. The molecule has 242 valence electrons. The molecule has 2 aromatic rings. The molecule has 0 unspecified atom stereocenters. The summed E-state index contributed by atoms with van der Waals surface area (Å²) in [5.41, 5.74) is 20.4. The summed E-state index contributed by atoms with van der Waals surface area (Å²) in [5.74, 6) is -1.29. The van der Waals surface area contributed by atoms with E-state index in [1.165, 1.54) is 22.7 Å². The number of thiophene rings is 2. The molecule has 0 aliphatic heterocycles. The molecule has 0 bridgehead atoms. The van der Waals surface area contributed by atoms with Crippen LogP contribution in [0.4, 0.5) is 10.0 Å². The first-order valence-corrected chi connectivity index (χ1v) is 16.3. The summed E-state index contributed by atoms with van der Waals surface area (Å²) in [5, 5.41) is 9.10. The molecule has 6 N–H and O–H groups in total. The lowest BCUT2D eigenvalue weighted by atomic mass is 10.1. The van der Waals surface area contributed by atoms with Crippen LogP contribution in [-0.4, -0.2) is 48.4 Å². The molecule has 0 saturated carbocycles. The van der Waals surface area contributed by atoms with Crippen LogP contribution in [0.5, 0.6) is 0 Å². The zero-order chi connectivity index (χ0) is 32.8. The number of hydrogen-bond donors (Lipinski definition) is 4. The Morgan fingerprint density at radius 3 is 1.34 bits per heavy atom. The molecule has 2 amide bonds. The van der Waals surface area contributed by atoms with Crippen LogP contribution in [0.15, 0.2) is 10.2 Å². The second-order valence-corrected chi connectivity index (χ2v) is 12.2. The third-order valence-corrected chi connectivity index (χ3v) is 9.18. The van der Waals surface area contributed by atoms with Crippen molar-refractivity contribution in [3.63, 3.8) is 0 Å². The number of anilines is 2. The fourth-order valence-electron chi connectivity index (χ4n) is 4.46. The van der Waals surface area contributed by atoms with Gasteiger partial charge in [0.1, 0.15) is 10.0 Å². The molecule has 0 aromatic carbocycles. The van der Waals surface area contributed by atoms with E-state index in [4.69, 9.17) is 20.9 Å². The van der Waals surface area contributed by atoms with Crippen molar-refractivity contribution in [2.45, 2.75) is 92.9 Å². The number of nitrogens with one attached hydrogen (secondary N) is 2. The van der Waals surface area contributed by atoms with Crippen molar-refractivity contribution >= 4 is 67.9 Å². The van der Waals surface area contributed by atoms with Gasteiger partial charge in [-0.25, -0.2) is 20.4 Å². The second kappa shape index (κ2) is 18.1. The van der Waals surface area contributed by atoms with Crippen molar-refractivity contribution in [3.05, 3.63) is 32.0 Å². The highest BCUT2D eigenvalue weighted by Gasteiger charge is 2.23. The second-order valence-electron chi connectivity index (χ2n) is 10.1. The normalized spacial score (nSPS) is 11.8. The van der Waals surface area contributed by atoms with Crippen LogP contribution in [0.1, 0.15) is 121 Å². The lowest BCUT2D eigenvalue weighted by Gasteiger charge is -2.05. The standard InChI is InChI=1S/C30H44N6O6S2/c1-7-41-29(39)23-17(3)25(43-27(23)31)19(5)33-35-21(37)15-13-11-9-10-12-14-16-22(38)36-34-20(6)26-18(4)24(28(32)44-26)30(40)42-8-2/h7-16,31-32H2,1-6H3,(H,35,37)(H,36,38)/b33-19-,34-20-. The highest BCUT2D eigenvalue weighted by molar-refractivity contribution is 7.18. The lowest BCUT2D eigenvalue weighted by molar-refractivity contribution is -0.122. The number of nitrogens with zero attached hydrogens (tertiary/aromatic N) is 2. The van der Waals surface area contributed by atoms with Crippen molar-refractivity contribution in [1.29, 1.82) is 0 Å². The van der Waals surface area contributed by atoms with Crippen LogP contribution in [0.2, 0.25) is 0 Å². The van der Waals surface area contributed by atoms with E-state index in [1.54, 1.807) is 41.5 Å². The van der Waals surface area contributed by atoms with Gasteiger partial charge in [0.15, 0.2) is 0 Å². The number of nitrogens with two attached hydrogens (primary N) is 2. The zero-order valence-corrected chi connectivity index (χ0v) is 28.0. The van der Waals surface area contributed by atoms with Crippen LogP contribution in [0.3, 0.4) is 0 Å². The Morgan fingerprint density at radius 2 is 1.00 bits per heavy atom. The Morgan fingerprint density at radius 1 is 0.659 bits per heavy atom. The summed E-state index contributed by atoms with van der Waals surface area (Å²) in [7, 11) is 0. The molecule has 0 fully saturated rings. The van der Waals surface area contributed by atoms with Gasteiger partial charge >= 0.3 is 11.9 Å². The van der Waals surface area contributed by atoms with E-state index < -0.39 is 11.9 Å². The predicted octanol–water partition coefficient (Wildman–Crippen LogP) is 5.45. The molecular weight excluding hydrogens is 605 g/mol. The molecule has 2 aromatic heterocycles. The molecule has 0 radical (unpaired) electrons. The fraction of sp³-hybridized carbons (Fsp3) is 0.533. The van der Waals surface area contributed by atoms with E-state index in [0.717, 1.165) is 48.3 Å². The van der Waals surface area contributed by atoms with Crippen molar-refractivity contribution < 1.29 is 28.7 Å². The molecular formula is C30H44N6O6S2. The minimum absolute atomic E-state index is 0.179. The average Bonchev–Trinajstić information content (AvgIpc) is 3.45. The Kier molecular flexibility index (Phi) is 15.0. The van der Waals surface area contributed by atoms with E-state index in [-0.39, 0.29) is 25.0 Å². The third-order valence-electron chi connectivity index (χ3n) is 6.72. The van der Waals surface area contributed by atoms with Crippen LogP contribution < -0.4 is 22.3 Å². The molecule has 0 atom stereocenters. The van der Waals surface area contributed by atoms with Crippen molar-refractivity contribution in [2.75, 3.05) is 24.7 Å². The van der Waals surface area contributed by atoms with E-state index >= 15 is 0 Å². The molecule has 0 aliphatic rings. The number of rotatable bonds is 17. The maximum Gasteiger partial charge on any atom is 0.341 e. The molecule has 12 nitrogen and oxygen atoms in total. The first-order valence-electron chi connectivity index (χ1n) is 14.7. The Labute approximate surface area is 266 Å². The number of hydrogen-bond acceptors (Lipinski definition) is 12. The summed E-state index contributed by atoms with van der Waals surface area (Å²) < 4.78 is 10.1. The molecule has 2 heterocycles. The van der Waals surface area contributed by atoms with Gasteiger partial charge < -0.3 is 20.9 Å². The Balaban J connectivity index is 1.65. The number of unbranched alkanes of at least 4 members (excludes halogenated alkanes) is 5. The minimum atomic E-state index is -0.464. The van der Waals surface area contributed by atoms with Gasteiger partial charge in [-0.2, -0.15) is 10.2 Å². The molecule has 2 rings (SSSR count). The molecule has 14 heteroatoms. The third kappa shape index (κ3) is 10.4. The number of carbonyl (C=O) groups is 4. The van der Waals surface area contributed by atoms with Gasteiger partial charge in [-0.05, 0) is 65.5 Å². The van der Waals surface area contributed by atoms with Gasteiger partial charge in [0, 0.05) is 12.8 Å². The first kappa shape index (κ1) is 36.4. The summed E-state index contributed by atoms with van der Waals surface area (Å²) in [6.45, 7) is 11.1. The summed E-state index contributed by atoms with van der Waals surface area (Å²) >= 11 is 2.48. The SMILES string of the molecule is CCOC(=O)c1c(N)sc(/C(C)=N\NC(=O)CCCCCCCCC(=O)N/N=C(/C)c2sc(N)c(C(=O)OCC)c2C)c1C.